The zero-order valence-electron chi connectivity index (χ0n) is 36.4. The number of carboxylic acid groups (broad SMARTS) is 1. The highest BCUT2D eigenvalue weighted by Gasteiger charge is 2.68. The van der Waals surface area contributed by atoms with Crippen LogP contribution in [0.4, 0.5) is 0 Å². The minimum Gasteiger partial charge on any atom is -0.504 e. The first-order valence-corrected chi connectivity index (χ1v) is 22.5. The van der Waals surface area contributed by atoms with Crippen LogP contribution in [0.5, 0.6) is 28.7 Å². The molecule has 4 fully saturated rings. The number of phenolic OH excluding ortho intramolecular Hbond substituents is 2. The Kier molecular flexibility index (Phi) is 14.5. The van der Waals surface area contributed by atoms with Crippen molar-refractivity contribution < 1.29 is 54.4 Å². The van der Waals surface area contributed by atoms with Crippen LogP contribution in [0, 0.1) is 28.6 Å². The lowest BCUT2D eigenvalue weighted by Gasteiger charge is -2.66. The largest absolute Gasteiger partial charge is 0.504 e. The Morgan fingerprint density at radius 2 is 1.90 bits per heavy atom. The molecule has 62 heavy (non-hydrogen) atoms. The fourth-order valence-electron chi connectivity index (χ4n) is 12.2. The first kappa shape index (κ1) is 45.8. The molecule has 0 aromatic heterocycles. The highest BCUT2D eigenvalue weighted by atomic mass is 16.5. The Morgan fingerprint density at radius 3 is 2.65 bits per heavy atom. The van der Waals surface area contributed by atoms with Crippen LogP contribution in [0.15, 0.2) is 53.9 Å². The van der Waals surface area contributed by atoms with Gasteiger partial charge in [0.25, 0.3) is 0 Å². The van der Waals surface area contributed by atoms with Crippen LogP contribution in [-0.4, -0.2) is 107 Å². The molecule has 2 saturated heterocycles. The summed E-state index contributed by atoms with van der Waals surface area (Å²) in [5.41, 5.74) is 7.97. The minimum absolute atomic E-state index is 0.00344. The van der Waals surface area contributed by atoms with Crippen molar-refractivity contribution in [2.75, 3.05) is 40.1 Å². The monoisotopic (exact) mass is 864 g/mol. The summed E-state index contributed by atoms with van der Waals surface area (Å²) in [7, 11) is 1.46. The molecule has 11 unspecified atom stereocenters. The number of carboxylic acids is 1. The Labute approximate surface area is 364 Å². The number of methoxy groups -OCH3 is 1. The third kappa shape index (κ3) is 9.34. The van der Waals surface area contributed by atoms with Crippen molar-refractivity contribution >= 4 is 5.97 Å². The number of aromatic hydroxyl groups is 2. The molecule has 5 aliphatic rings. The topological polar surface area (TPSA) is 237 Å². The van der Waals surface area contributed by atoms with Crippen molar-refractivity contribution in [3.63, 3.8) is 0 Å². The number of dihydropyridines is 1. The summed E-state index contributed by atoms with van der Waals surface area (Å²) >= 11 is 0. The quantitative estimate of drug-likeness (QED) is 0.0741. The Morgan fingerprint density at radius 1 is 1.10 bits per heavy atom. The summed E-state index contributed by atoms with van der Waals surface area (Å²) in [4.78, 5) is 13.1. The second-order valence-corrected chi connectivity index (χ2v) is 18.5. The van der Waals surface area contributed by atoms with Gasteiger partial charge in [-0.3, -0.25) is 10.1 Å². The lowest BCUT2D eigenvalue weighted by Crippen LogP contribution is -2.70. The Hall–Kier alpha value is -4.25. The second-order valence-electron chi connectivity index (χ2n) is 18.5. The molecule has 15 nitrogen and oxygen atoms in total. The predicted molar refractivity (Wildman–Crippen MR) is 232 cm³/mol. The fourth-order valence-corrected chi connectivity index (χ4v) is 12.2. The average Bonchev–Trinajstić information content (AvgIpc) is 3.65. The van der Waals surface area contributed by atoms with E-state index >= 15 is 0 Å². The van der Waals surface area contributed by atoms with E-state index in [1.165, 1.54) is 7.11 Å². The number of carbonyl (C=O) groups is 1. The van der Waals surface area contributed by atoms with E-state index in [9.17, 15) is 35.4 Å². The van der Waals surface area contributed by atoms with Gasteiger partial charge >= 0.3 is 5.97 Å². The molecule has 0 bridgehead atoms. The lowest BCUT2D eigenvalue weighted by molar-refractivity contribution is -0.172. The van der Waals surface area contributed by atoms with Crippen molar-refractivity contribution in [3.8, 4) is 28.7 Å². The molecule has 2 saturated carbocycles. The van der Waals surface area contributed by atoms with Crippen LogP contribution in [0.2, 0.25) is 0 Å². The number of phenols is 2. The molecule has 2 aromatic rings. The molecule has 342 valence electrons. The summed E-state index contributed by atoms with van der Waals surface area (Å²) < 4.78 is 24.9. The summed E-state index contributed by atoms with van der Waals surface area (Å²) in [5.74, 6) is -0.00944. The molecule has 15 heteroatoms. The minimum atomic E-state index is -0.848. The number of allylic oxidation sites excluding steroid dienone is 2. The number of aliphatic carboxylic acids is 1. The number of nitrogens with two attached hydrogens (primary N) is 1. The molecule has 2 aromatic carbocycles. The van der Waals surface area contributed by atoms with Gasteiger partial charge in [0.15, 0.2) is 23.0 Å². The number of ether oxygens (including phenoxy) is 4. The number of rotatable bonds is 18. The zero-order chi connectivity index (χ0) is 44.2. The summed E-state index contributed by atoms with van der Waals surface area (Å²) in [6, 6.07) is 8.27. The highest BCUT2D eigenvalue weighted by molar-refractivity contribution is 5.69. The SMILES string of the molecule is COc1cc(C2OC(CCc3ccc(O)c(OCNCC(C)O)c3)CC(O)C2CCO)cc(OCC2NC(C)CC34CCCC3CCC(C3=CCNC(N)=C3)C24CC(=O)O)c1O. The molecule has 3 aliphatic heterocycles. The maximum Gasteiger partial charge on any atom is 0.304 e. The molecule has 2 aliphatic carbocycles. The number of piperidine rings is 1. The van der Waals surface area contributed by atoms with E-state index in [0.717, 1.165) is 49.7 Å². The number of aliphatic hydroxyl groups excluding tert-OH is 3. The van der Waals surface area contributed by atoms with Crippen molar-refractivity contribution in [1.82, 2.24) is 16.0 Å². The fraction of sp³-hybridized carbons (Fsp3) is 0.638. The van der Waals surface area contributed by atoms with Crippen LogP contribution in [-0.2, 0) is 16.0 Å². The van der Waals surface area contributed by atoms with E-state index < -0.39 is 41.7 Å². The molecule has 3 heterocycles. The van der Waals surface area contributed by atoms with E-state index in [-0.39, 0.29) is 79.3 Å². The summed E-state index contributed by atoms with van der Waals surface area (Å²) in [6.07, 6.45) is 9.21. The number of hydrogen-bond donors (Lipinski definition) is 10. The van der Waals surface area contributed by atoms with Crippen LogP contribution in [0.3, 0.4) is 0 Å². The zero-order valence-corrected chi connectivity index (χ0v) is 36.4. The Balaban J connectivity index is 1.16. The maximum absolute atomic E-state index is 13.1. The van der Waals surface area contributed by atoms with Gasteiger partial charge in [-0.05, 0) is 136 Å². The molecular formula is C47H68N4O11. The smallest absolute Gasteiger partial charge is 0.304 e. The van der Waals surface area contributed by atoms with Crippen LogP contribution in [0.25, 0.3) is 0 Å². The third-order valence-electron chi connectivity index (χ3n) is 14.7. The maximum atomic E-state index is 13.1. The number of benzene rings is 2. The number of nitrogens with one attached hydrogen (secondary N) is 3. The van der Waals surface area contributed by atoms with Gasteiger partial charge in [0, 0.05) is 43.1 Å². The second kappa shape index (κ2) is 19.6. The van der Waals surface area contributed by atoms with Gasteiger partial charge in [-0.2, -0.15) is 0 Å². The standard InChI is InChI=1S/C47H68N4O11/c1-27-22-46-14-4-5-32(46)8-10-35(30-12-15-50-42(48)20-30)47(46,23-43(56)57)41(51-27)25-60-40-19-31(18-39(59-3)44(40)58)45-34(13-16-52)37(55)21-33(62-45)9-6-29-7-11-36(54)38(17-29)61-26-49-24-28(2)53/h7,11-12,17-20,27-28,32-35,37,41,45,49-55,58H,4-6,8-10,13-16,21-26,48H2,1-3H3,(H,56,57). The van der Waals surface area contributed by atoms with E-state index in [2.05, 4.69) is 29.0 Å². The van der Waals surface area contributed by atoms with Gasteiger partial charge in [0.05, 0.1) is 43.8 Å². The molecule has 0 radical (unpaired) electrons. The normalized spacial score (nSPS) is 32.4. The molecule has 1 spiro atoms. The van der Waals surface area contributed by atoms with Crippen LogP contribution < -0.4 is 35.9 Å². The lowest BCUT2D eigenvalue weighted by atomic mass is 9.41. The molecule has 7 rings (SSSR count). The molecular weight excluding hydrogens is 797 g/mol. The van der Waals surface area contributed by atoms with Crippen LogP contribution >= 0.6 is 0 Å². The van der Waals surface area contributed by atoms with Gasteiger partial charge in [-0.25, -0.2) is 0 Å². The van der Waals surface area contributed by atoms with Crippen molar-refractivity contribution in [2.45, 2.75) is 121 Å². The number of hydrogen-bond acceptors (Lipinski definition) is 14. The molecule has 11 N–H and O–H groups in total. The third-order valence-corrected chi connectivity index (χ3v) is 14.7. The molecule has 11 atom stereocenters. The first-order valence-electron chi connectivity index (χ1n) is 22.5. The molecule has 0 amide bonds. The summed E-state index contributed by atoms with van der Waals surface area (Å²) in [5, 5.41) is 74.0. The van der Waals surface area contributed by atoms with E-state index in [0.29, 0.717) is 55.4 Å². The highest BCUT2D eigenvalue weighted by Crippen LogP contribution is 2.70. The van der Waals surface area contributed by atoms with E-state index in [4.69, 9.17) is 24.7 Å². The average molecular weight is 865 g/mol. The van der Waals surface area contributed by atoms with Crippen molar-refractivity contribution in [3.05, 3.63) is 65.0 Å². The van der Waals surface area contributed by atoms with E-state index in [1.807, 2.05) is 12.1 Å². The van der Waals surface area contributed by atoms with Crippen molar-refractivity contribution in [1.29, 1.82) is 0 Å². The van der Waals surface area contributed by atoms with Crippen molar-refractivity contribution in [2.24, 2.45) is 34.3 Å². The van der Waals surface area contributed by atoms with Gasteiger partial charge in [0.2, 0.25) is 5.75 Å². The predicted octanol–water partition coefficient (Wildman–Crippen LogP) is 4.35. The van der Waals surface area contributed by atoms with Gasteiger partial charge < -0.3 is 66.0 Å². The van der Waals surface area contributed by atoms with Gasteiger partial charge in [-0.1, -0.05) is 18.6 Å². The Bertz CT molecular complexity index is 1940. The van der Waals surface area contributed by atoms with Gasteiger partial charge in [-0.15, -0.1) is 0 Å². The van der Waals surface area contributed by atoms with E-state index in [1.54, 1.807) is 31.2 Å². The summed E-state index contributed by atoms with van der Waals surface area (Å²) in [6.45, 7) is 4.79. The first-order chi connectivity index (χ1) is 29.8. The van der Waals surface area contributed by atoms with Crippen LogP contribution in [0.1, 0.15) is 95.3 Å². The number of aryl methyl sites for hydroxylation is 1. The number of aliphatic hydroxyl groups is 3. The van der Waals surface area contributed by atoms with Gasteiger partial charge in [0.1, 0.15) is 13.3 Å².